The van der Waals surface area contributed by atoms with Gasteiger partial charge in [0.1, 0.15) is 5.69 Å². The van der Waals surface area contributed by atoms with Gasteiger partial charge in [-0.3, -0.25) is 0 Å². The van der Waals surface area contributed by atoms with E-state index < -0.39 is 9.84 Å². The number of aromatic amines is 1. The molecule has 0 amide bonds. The quantitative estimate of drug-likeness (QED) is 0.766. The molecule has 2 heterocycles. The Kier molecular flexibility index (Phi) is 3.22. The van der Waals surface area contributed by atoms with Crippen molar-refractivity contribution in [3.8, 4) is 11.6 Å². The predicted octanol–water partition coefficient (Wildman–Crippen LogP) is 2.21. The van der Waals surface area contributed by atoms with Gasteiger partial charge < -0.3 is 14.7 Å². The molecule has 0 spiro atoms. The molecule has 2 aromatic heterocycles. The fourth-order valence-electron chi connectivity index (χ4n) is 1.77. The maximum atomic E-state index is 11.5. The molecule has 0 saturated carbocycles. The minimum absolute atomic E-state index is 0.185. The van der Waals surface area contributed by atoms with Gasteiger partial charge in [-0.1, -0.05) is 11.2 Å². The summed E-state index contributed by atoms with van der Waals surface area (Å²) in [6.45, 7) is 0. The molecule has 108 valence electrons. The van der Waals surface area contributed by atoms with Gasteiger partial charge in [0.25, 0.3) is 5.89 Å². The second-order valence-electron chi connectivity index (χ2n) is 4.42. The predicted molar refractivity (Wildman–Crippen MR) is 76.9 cm³/mol. The van der Waals surface area contributed by atoms with Crippen molar-refractivity contribution in [2.45, 2.75) is 4.90 Å². The lowest BCUT2D eigenvalue weighted by molar-refractivity contribution is 0.585. The van der Waals surface area contributed by atoms with Crippen molar-refractivity contribution in [3.63, 3.8) is 0 Å². The molecule has 21 heavy (non-hydrogen) atoms. The van der Waals surface area contributed by atoms with Gasteiger partial charge in [-0.05, 0) is 30.3 Å². The fourth-order valence-corrected chi connectivity index (χ4v) is 2.44. The van der Waals surface area contributed by atoms with Crippen molar-refractivity contribution in [1.82, 2.24) is 15.2 Å². The number of hydrogen-bond donors (Lipinski definition) is 2. The Morgan fingerprint density at radius 3 is 2.76 bits per heavy atom. The van der Waals surface area contributed by atoms with Crippen LogP contribution in [0.15, 0.2) is 51.9 Å². The summed E-state index contributed by atoms with van der Waals surface area (Å²) >= 11 is 0. The molecule has 3 aromatic rings. The number of anilines is 2. The molecule has 2 N–H and O–H groups in total. The van der Waals surface area contributed by atoms with E-state index in [0.29, 0.717) is 17.3 Å². The molecule has 0 radical (unpaired) electrons. The van der Waals surface area contributed by atoms with E-state index in [1.807, 2.05) is 12.1 Å². The molecular formula is C13H12N4O3S. The summed E-state index contributed by atoms with van der Waals surface area (Å²) in [6.07, 6.45) is 2.91. The molecule has 0 atom stereocenters. The minimum atomic E-state index is -3.26. The van der Waals surface area contributed by atoms with Crippen molar-refractivity contribution in [1.29, 1.82) is 0 Å². The summed E-state index contributed by atoms with van der Waals surface area (Å²) in [7, 11) is -3.26. The van der Waals surface area contributed by atoms with Crippen molar-refractivity contribution < 1.29 is 12.8 Å². The Balaban J connectivity index is 1.84. The summed E-state index contributed by atoms with van der Waals surface area (Å²) in [5.74, 6) is 0.349. The summed E-state index contributed by atoms with van der Waals surface area (Å²) in [4.78, 5) is 3.18. The Morgan fingerprint density at radius 1 is 1.19 bits per heavy atom. The smallest absolute Gasteiger partial charge is 0.320 e. The van der Waals surface area contributed by atoms with E-state index in [0.717, 1.165) is 6.26 Å². The molecule has 0 saturated heterocycles. The van der Waals surface area contributed by atoms with E-state index in [1.54, 1.807) is 18.3 Å². The number of aromatic nitrogens is 3. The SMILES string of the molecule is CS(=O)(=O)c1cccc(Nc2nnc(-c3ccc[nH]3)o2)c1. The standard InChI is InChI=1S/C13H12N4O3S/c1-21(18,19)10-5-2-4-9(8-10)15-13-17-16-12(20-13)11-6-3-7-14-11/h2-8,14H,1H3,(H,15,17). The number of nitrogens with one attached hydrogen (secondary N) is 2. The number of benzene rings is 1. The summed E-state index contributed by atoms with van der Waals surface area (Å²) in [6, 6.07) is 10.2. The number of nitrogens with zero attached hydrogens (tertiary/aromatic N) is 2. The molecule has 0 fully saturated rings. The lowest BCUT2D eigenvalue weighted by atomic mass is 10.3. The molecule has 3 rings (SSSR count). The van der Waals surface area contributed by atoms with Gasteiger partial charge in [-0.15, -0.1) is 5.10 Å². The maximum absolute atomic E-state index is 11.5. The van der Waals surface area contributed by atoms with E-state index in [-0.39, 0.29) is 10.9 Å². The summed E-state index contributed by atoms with van der Waals surface area (Å²) in [5, 5.41) is 10.6. The van der Waals surface area contributed by atoms with Crippen LogP contribution >= 0.6 is 0 Å². The molecule has 8 heteroatoms. The van der Waals surface area contributed by atoms with Gasteiger partial charge in [0, 0.05) is 18.1 Å². The first-order chi connectivity index (χ1) is 10.0. The van der Waals surface area contributed by atoms with E-state index in [2.05, 4.69) is 20.5 Å². The lowest BCUT2D eigenvalue weighted by Gasteiger charge is -2.03. The largest absolute Gasteiger partial charge is 0.402 e. The van der Waals surface area contributed by atoms with Gasteiger partial charge in [0.15, 0.2) is 9.84 Å². The Labute approximate surface area is 120 Å². The second-order valence-corrected chi connectivity index (χ2v) is 6.44. The van der Waals surface area contributed by atoms with E-state index in [4.69, 9.17) is 4.42 Å². The molecule has 0 unspecified atom stereocenters. The molecule has 0 bridgehead atoms. The average molecular weight is 304 g/mol. The van der Waals surface area contributed by atoms with Crippen molar-refractivity contribution in [3.05, 3.63) is 42.6 Å². The van der Waals surface area contributed by atoms with Crippen LogP contribution in [0.2, 0.25) is 0 Å². The van der Waals surface area contributed by atoms with Crippen LogP contribution in [0.4, 0.5) is 11.7 Å². The zero-order valence-corrected chi connectivity index (χ0v) is 11.9. The average Bonchev–Trinajstić information content (AvgIpc) is 3.08. The van der Waals surface area contributed by atoms with Crippen LogP contribution in [0.1, 0.15) is 0 Å². The third-order valence-electron chi connectivity index (χ3n) is 2.77. The van der Waals surface area contributed by atoms with Crippen molar-refractivity contribution in [2.75, 3.05) is 11.6 Å². The Bertz CT molecular complexity index is 853. The zero-order chi connectivity index (χ0) is 14.9. The molecule has 0 aliphatic rings. The van der Waals surface area contributed by atoms with E-state index in [1.165, 1.54) is 12.1 Å². The van der Waals surface area contributed by atoms with Crippen molar-refractivity contribution >= 4 is 21.5 Å². The van der Waals surface area contributed by atoms with Crippen LogP contribution < -0.4 is 5.32 Å². The maximum Gasteiger partial charge on any atom is 0.320 e. The Hall–Kier alpha value is -2.61. The molecule has 1 aromatic carbocycles. The first-order valence-electron chi connectivity index (χ1n) is 6.07. The zero-order valence-electron chi connectivity index (χ0n) is 11.1. The van der Waals surface area contributed by atoms with Crippen LogP contribution in [0, 0.1) is 0 Å². The number of H-pyrrole nitrogens is 1. The highest BCUT2D eigenvalue weighted by Crippen LogP contribution is 2.22. The highest BCUT2D eigenvalue weighted by atomic mass is 32.2. The normalized spacial score (nSPS) is 11.5. The van der Waals surface area contributed by atoms with Gasteiger partial charge in [-0.25, -0.2) is 8.42 Å². The molecule has 0 aliphatic heterocycles. The third-order valence-corrected chi connectivity index (χ3v) is 3.88. The first kappa shape index (κ1) is 13.4. The van der Waals surface area contributed by atoms with Crippen molar-refractivity contribution in [2.24, 2.45) is 0 Å². The third kappa shape index (κ3) is 2.95. The van der Waals surface area contributed by atoms with Crippen LogP contribution in [0.3, 0.4) is 0 Å². The lowest BCUT2D eigenvalue weighted by Crippen LogP contribution is -1.98. The minimum Gasteiger partial charge on any atom is -0.402 e. The van der Waals surface area contributed by atoms with Crippen LogP contribution in [-0.4, -0.2) is 29.9 Å². The Morgan fingerprint density at radius 2 is 2.05 bits per heavy atom. The molecular weight excluding hydrogens is 292 g/mol. The number of rotatable bonds is 4. The second kappa shape index (κ2) is 5.06. The monoisotopic (exact) mass is 304 g/mol. The molecule has 0 aliphatic carbocycles. The van der Waals surface area contributed by atoms with E-state index in [9.17, 15) is 8.42 Å². The van der Waals surface area contributed by atoms with Crippen LogP contribution in [0.5, 0.6) is 0 Å². The highest BCUT2D eigenvalue weighted by molar-refractivity contribution is 7.90. The fraction of sp³-hybridized carbons (Fsp3) is 0.0769. The summed E-state index contributed by atoms with van der Waals surface area (Å²) in [5.41, 5.74) is 1.26. The van der Waals surface area contributed by atoms with Gasteiger partial charge in [-0.2, -0.15) is 0 Å². The number of hydrogen-bond acceptors (Lipinski definition) is 6. The summed E-state index contributed by atoms with van der Waals surface area (Å²) < 4.78 is 28.5. The highest BCUT2D eigenvalue weighted by Gasteiger charge is 2.11. The van der Waals surface area contributed by atoms with Crippen LogP contribution in [0.25, 0.3) is 11.6 Å². The van der Waals surface area contributed by atoms with Crippen LogP contribution in [-0.2, 0) is 9.84 Å². The first-order valence-corrected chi connectivity index (χ1v) is 7.96. The number of sulfone groups is 1. The van der Waals surface area contributed by atoms with E-state index >= 15 is 0 Å². The van der Waals surface area contributed by atoms with Gasteiger partial charge in [0.05, 0.1) is 4.90 Å². The molecule has 7 nitrogen and oxygen atoms in total. The van der Waals surface area contributed by atoms with Gasteiger partial charge >= 0.3 is 6.01 Å². The topological polar surface area (TPSA) is 101 Å². The van der Waals surface area contributed by atoms with Gasteiger partial charge in [0.2, 0.25) is 0 Å².